The third-order valence-corrected chi connectivity index (χ3v) is 4.33. The molecular weight excluding hydrogens is 262 g/mol. The summed E-state index contributed by atoms with van der Waals surface area (Å²) in [5, 5.41) is 6.99. The van der Waals surface area contributed by atoms with Gasteiger partial charge in [-0.05, 0) is 46.7 Å². The maximum absolute atomic E-state index is 4.34. The van der Waals surface area contributed by atoms with Crippen molar-refractivity contribution in [1.82, 2.24) is 20.4 Å². The molecule has 124 valence electrons. The highest BCUT2D eigenvalue weighted by molar-refractivity contribution is 5.79. The fourth-order valence-corrected chi connectivity index (χ4v) is 2.61. The molecule has 1 saturated heterocycles. The Morgan fingerprint density at radius 1 is 1.33 bits per heavy atom. The van der Waals surface area contributed by atoms with Crippen molar-refractivity contribution in [2.24, 2.45) is 4.99 Å². The third kappa shape index (κ3) is 7.14. The number of guanidine groups is 1. The largest absolute Gasteiger partial charge is 0.355 e. The van der Waals surface area contributed by atoms with Crippen LogP contribution in [0.4, 0.5) is 0 Å². The molecule has 2 N–H and O–H groups in total. The summed E-state index contributed by atoms with van der Waals surface area (Å²) in [4.78, 5) is 9.24. The minimum Gasteiger partial charge on any atom is -0.355 e. The van der Waals surface area contributed by atoms with Gasteiger partial charge in [-0.25, -0.2) is 0 Å². The maximum atomic E-state index is 4.34. The average molecular weight is 297 g/mol. The van der Waals surface area contributed by atoms with Gasteiger partial charge in [0.25, 0.3) is 0 Å². The zero-order valence-electron chi connectivity index (χ0n) is 14.7. The van der Waals surface area contributed by atoms with Crippen molar-refractivity contribution in [3.63, 3.8) is 0 Å². The molecule has 5 nitrogen and oxygen atoms in total. The fraction of sp³-hybridized carbons (Fsp3) is 0.938. The molecule has 1 aliphatic rings. The maximum Gasteiger partial charge on any atom is 0.191 e. The highest BCUT2D eigenvalue weighted by Crippen LogP contribution is 2.10. The zero-order valence-corrected chi connectivity index (χ0v) is 14.7. The zero-order chi connectivity index (χ0) is 15.7. The molecule has 0 radical (unpaired) electrons. The van der Waals surface area contributed by atoms with Crippen LogP contribution in [0.15, 0.2) is 4.99 Å². The van der Waals surface area contributed by atoms with E-state index < -0.39 is 0 Å². The van der Waals surface area contributed by atoms with Gasteiger partial charge < -0.3 is 20.4 Å². The molecule has 1 aliphatic heterocycles. The summed E-state index contributed by atoms with van der Waals surface area (Å²) >= 11 is 0. The first-order chi connectivity index (χ1) is 10.1. The lowest BCUT2D eigenvalue weighted by molar-refractivity contribution is 0.206. The first-order valence-corrected chi connectivity index (χ1v) is 8.46. The number of likely N-dealkylation sites (N-methyl/N-ethyl adjacent to an activating group) is 1. The monoisotopic (exact) mass is 297 g/mol. The lowest BCUT2D eigenvalue weighted by Gasteiger charge is -2.33. The molecule has 1 fully saturated rings. The van der Waals surface area contributed by atoms with E-state index in [-0.39, 0.29) is 0 Å². The van der Waals surface area contributed by atoms with Gasteiger partial charge in [-0.1, -0.05) is 6.92 Å². The van der Waals surface area contributed by atoms with Crippen LogP contribution in [0.2, 0.25) is 0 Å². The van der Waals surface area contributed by atoms with Crippen LogP contribution in [-0.2, 0) is 0 Å². The van der Waals surface area contributed by atoms with E-state index in [2.05, 4.69) is 53.2 Å². The van der Waals surface area contributed by atoms with E-state index in [0.29, 0.717) is 12.1 Å². The van der Waals surface area contributed by atoms with Gasteiger partial charge in [-0.15, -0.1) is 0 Å². The van der Waals surface area contributed by atoms with Gasteiger partial charge in [0.2, 0.25) is 0 Å². The molecule has 0 saturated carbocycles. The number of likely N-dealkylation sites (tertiary alicyclic amines) is 1. The van der Waals surface area contributed by atoms with Gasteiger partial charge in [0.1, 0.15) is 0 Å². The molecule has 0 spiro atoms. The first-order valence-electron chi connectivity index (χ1n) is 8.46. The SMILES string of the molecule is CCCN1CCC(NC(=NC)NCCN(C)C(C)C)CC1. The van der Waals surface area contributed by atoms with Crippen LogP contribution >= 0.6 is 0 Å². The van der Waals surface area contributed by atoms with Crippen LogP contribution < -0.4 is 10.6 Å². The number of rotatable bonds is 7. The summed E-state index contributed by atoms with van der Waals surface area (Å²) in [6.07, 6.45) is 3.68. The van der Waals surface area contributed by atoms with Crippen LogP contribution in [0.1, 0.15) is 40.0 Å². The Morgan fingerprint density at radius 3 is 2.52 bits per heavy atom. The van der Waals surface area contributed by atoms with E-state index in [4.69, 9.17) is 0 Å². The Morgan fingerprint density at radius 2 is 2.00 bits per heavy atom. The second-order valence-corrected chi connectivity index (χ2v) is 6.33. The molecule has 0 aromatic rings. The van der Waals surface area contributed by atoms with E-state index >= 15 is 0 Å². The van der Waals surface area contributed by atoms with E-state index in [1.807, 2.05) is 7.05 Å². The van der Waals surface area contributed by atoms with Crippen molar-refractivity contribution in [2.45, 2.75) is 52.1 Å². The summed E-state index contributed by atoms with van der Waals surface area (Å²) in [6.45, 7) is 12.3. The Labute approximate surface area is 131 Å². The lowest BCUT2D eigenvalue weighted by Crippen LogP contribution is -2.49. The summed E-state index contributed by atoms with van der Waals surface area (Å²) in [7, 11) is 4.01. The molecule has 0 aromatic heterocycles. The highest BCUT2D eigenvalue weighted by Gasteiger charge is 2.19. The topological polar surface area (TPSA) is 42.9 Å². The molecule has 0 aromatic carbocycles. The molecule has 1 heterocycles. The van der Waals surface area contributed by atoms with Crippen LogP contribution in [-0.4, -0.2) is 74.7 Å². The minimum atomic E-state index is 0.562. The Balaban J connectivity index is 2.23. The normalized spacial score (nSPS) is 18.5. The molecule has 0 aliphatic carbocycles. The van der Waals surface area contributed by atoms with Gasteiger partial charge >= 0.3 is 0 Å². The second-order valence-electron chi connectivity index (χ2n) is 6.33. The second kappa shape index (κ2) is 10.0. The third-order valence-electron chi connectivity index (χ3n) is 4.33. The van der Waals surface area contributed by atoms with Crippen molar-refractivity contribution in [3.8, 4) is 0 Å². The number of nitrogens with zero attached hydrogens (tertiary/aromatic N) is 3. The smallest absolute Gasteiger partial charge is 0.191 e. The van der Waals surface area contributed by atoms with Gasteiger partial charge in [-0.3, -0.25) is 4.99 Å². The number of hydrogen-bond acceptors (Lipinski definition) is 3. The molecule has 0 unspecified atom stereocenters. The van der Waals surface area contributed by atoms with E-state index in [9.17, 15) is 0 Å². The Kier molecular flexibility index (Phi) is 8.69. The van der Waals surface area contributed by atoms with E-state index in [1.165, 1.54) is 38.9 Å². The lowest BCUT2D eigenvalue weighted by atomic mass is 10.1. The number of aliphatic imine (C=N–C) groups is 1. The predicted molar refractivity (Wildman–Crippen MR) is 92.0 cm³/mol. The molecule has 0 bridgehead atoms. The van der Waals surface area contributed by atoms with Crippen molar-refractivity contribution in [2.75, 3.05) is 46.8 Å². The average Bonchev–Trinajstić information content (AvgIpc) is 2.48. The van der Waals surface area contributed by atoms with Crippen molar-refractivity contribution >= 4 is 5.96 Å². The fourth-order valence-electron chi connectivity index (χ4n) is 2.61. The predicted octanol–water partition coefficient (Wildman–Crippen LogP) is 1.37. The van der Waals surface area contributed by atoms with Crippen molar-refractivity contribution < 1.29 is 0 Å². The summed E-state index contributed by atoms with van der Waals surface area (Å²) in [5.74, 6) is 0.945. The van der Waals surface area contributed by atoms with Gasteiger partial charge in [0.05, 0.1) is 0 Å². The summed E-state index contributed by atoms with van der Waals surface area (Å²) in [5.41, 5.74) is 0. The highest BCUT2D eigenvalue weighted by atomic mass is 15.2. The molecular formula is C16H35N5. The first kappa shape index (κ1) is 18.2. The van der Waals surface area contributed by atoms with Crippen LogP contribution in [0, 0.1) is 0 Å². The van der Waals surface area contributed by atoms with Crippen molar-refractivity contribution in [3.05, 3.63) is 0 Å². The summed E-state index contributed by atoms with van der Waals surface area (Å²) in [6, 6.07) is 1.15. The molecule has 1 rings (SSSR count). The quantitative estimate of drug-likeness (QED) is 0.550. The number of nitrogens with one attached hydrogen (secondary N) is 2. The Hall–Kier alpha value is -0.810. The molecule has 0 atom stereocenters. The molecule has 21 heavy (non-hydrogen) atoms. The number of piperidine rings is 1. The molecule has 5 heteroatoms. The standard InChI is InChI=1S/C16H35N5/c1-6-10-21-11-7-15(8-12-21)19-16(17-4)18-9-13-20(5)14(2)3/h14-15H,6-13H2,1-5H3,(H2,17,18,19). The minimum absolute atomic E-state index is 0.562. The van der Waals surface area contributed by atoms with Gasteiger partial charge in [-0.2, -0.15) is 0 Å². The van der Waals surface area contributed by atoms with E-state index in [0.717, 1.165) is 19.0 Å². The van der Waals surface area contributed by atoms with Crippen LogP contribution in [0.25, 0.3) is 0 Å². The van der Waals surface area contributed by atoms with E-state index in [1.54, 1.807) is 0 Å². The van der Waals surface area contributed by atoms with Crippen LogP contribution in [0.5, 0.6) is 0 Å². The van der Waals surface area contributed by atoms with Crippen molar-refractivity contribution in [1.29, 1.82) is 0 Å². The number of hydrogen-bond donors (Lipinski definition) is 2. The molecule has 0 amide bonds. The Bertz CT molecular complexity index is 295. The van der Waals surface area contributed by atoms with Gasteiger partial charge in [0.15, 0.2) is 5.96 Å². The van der Waals surface area contributed by atoms with Gasteiger partial charge in [0, 0.05) is 45.3 Å². The summed E-state index contributed by atoms with van der Waals surface area (Å²) < 4.78 is 0. The van der Waals surface area contributed by atoms with Crippen LogP contribution in [0.3, 0.4) is 0 Å².